The van der Waals surface area contributed by atoms with Crippen molar-refractivity contribution >= 4 is 85.4 Å². The zero-order valence-electron chi connectivity index (χ0n) is 21.4. The van der Waals surface area contributed by atoms with E-state index in [1.54, 1.807) is 6.20 Å². The number of nitrogens with one attached hydrogen (secondary N) is 1. The third-order valence-electron chi connectivity index (χ3n) is 7.96. The molecule has 15 heteroatoms. The molecule has 4 rings (SSSR count). The molecule has 0 aliphatic carbocycles. The molecule has 2 aromatic heterocycles. The van der Waals surface area contributed by atoms with Crippen LogP contribution < -0.4 is 5.32 Å². The SMILES string of the molecule is BC1(B)OC(B)(B)C(B)(B)N(CC(=O)Nc2cc3cc(-c4cccnc4)ccc3nn2)C1(B)B. The number of ether oxygens (including phenoxy) is 1. The van der Waals surface area contributed by atoms with Crippen LogP contribution >= 0.6 is 0 Å². The van der Waals surface area contributed by atoms with Crippen LogP contribution in [-0.4, -0.2) is 117 Å². The van der Waals surface area contributed by atoms with Gasteiger partial charge in [-0.05, 0) is 40.5 Å². The Balaban J connectivity index is 1.59. The lowest BCUT2D eigenvalue weighted by Gasteiger charge is -2.68. The minimum atomic E-state index is -0.447. The molecule has 0 unspecified atom stereocenters. The van der Waals surface area contributed by atoms with Gasteiger partial charge in [-0.1, -0.05) is 12.1 Å². The van der Waals surface area contributed by atoms with Gasteiger partial charge in [0.1, 0.15) is 62.8 Å². The molecule has 3 heterocycles. The number of carbonyl (C=O) groups excluding carboxylic acids is 1. The number of amides is 1. The van der Waals surface area contributed by atoms with E-state index < -0.39 is 10.8 Å². The molecular formula is C19H27B8N5O2. The number of carbonyl (C=O) groups is 1. The maximum absolute atomic E-state index is 13.2. The van der Waals surface area contributed by atoms with Gasteiger partial charge in [0, 0.05) is 34.1 Å². The van der Waals surface area contributed by atoms with Crippen LogP contribution in [0.2, 0.25) is 0 Å². The molecule has 1 N–H and O–H groups in total. The summed E-state index contributed by atoms with van der Waals surface area (Å²) in [5.41, 5.74) is 2.82. The van der Waals surface area contributed by atoms with Crippen molar-refractivity contribution in [3.05, 3.63) is 48.8 Å². The molecule has 0 radical (unpaired) electrons. The predicted molar refractivity (Wildman–Crippen MR) is 158 cm³/mol. The highest BCUT2D eigenvalue weighted by Gasteiger charge is 2.58. The molecule has 1 fully saturated rings. The Morgan fingerprint density at radius 1 is 0.912 bits per heavy atom. The van der Waals surface area contributed by atoms with Crippen molar-refractivity contribution in [2.24, 2.45) is 0 Å². The standard InChI is InChI=1S/C19H27B8N5O2/c20-16(21)18(24,25)34-19(26,27)17(22,23)32(16)9-15(33)29-14-7-12-6-10(3-4-13(12)30-31-14)11-2-1-5-28-8-11/h1-8H,9,20-27H2,(H,29,31,33). The van der Waals surface area contributed by atoms with Crippen LogP contribution in [0.25, 0.3) is 22.0 Å². The van der Waals surface area contributed by atoms with Crippen molar-refractivity contribution < 1.29 is 9.53 Å². The van der Waals surface area contributed by atoms with E-state index in [1.807, 2.05) is 42.6 Å². The Kier molecular flexibility index (Phi) is 6.10. The summed E-state index contributed by atoms with van der Waals surface area (Å²) >= 11 is 0. The van der Waals surface area contributed by atoms with E-state index in [0.717, 1.165) is 22.0 Å². The summed E-state index contributed by atoms with van der Waals surface area (Å²) in [6.45, 7) is 0.214. The van der Waals surface area contributed by atoms with E-state index >= 15 is 0 Å². The van der Waals surface area contributed by atoms with Crippen LogP contribution in [0.4, 0.5) is 5.82 Å². The van der Waals surface area contributed by atoms with Gasteiger partial charge in [-0.25, -0.2) is 0 Å². The van der Waals surface area contributed by atoms with Gasteiger partial charge in [0.2, 0.25) is 5.91 Å². The number of rotatable bonds is 4. The van der Waals surface area contributed by atoms with Gasteiger partial charge in [-0.2, -0.15) is 0 Å². The molecule has 1 amide bonds. The van der Waals surface area contributed by atoms with E-state index in [2.05, 4.69) is 88.2 Å². The highest BCUT2D eigenvalue weighted by atomic mass is 16.5. The molecule has 164 valence electrons. The van der Waals surface area contributed by atoms with Crippen LogP contribution in [-0.2, 0) is 9.53 Å². The Morgan fingerprint density at radius 3 is 2.21 bits per heavy atom. The lowest BCUT2D eigenvalue weighted by molar-refractivity contribution is -0.131. The highest BCUT2D eigenvalue weighted by molar-refractivity contribution is 6.59. The van der Waals surface area contributed by atoms with Crippen LogP contribution in [0.3, 0.4) is 0 Å². The van der Waals surface area contributed by atoms with Gasteiger partial charge < -0.3 is 15.0 Å². The number of morpholine rings is 1. The number of benzene rings is 1. The van der Waals surface area contributed by atoms with E-state index in [-0.39, 0.29) is 23.1 Å². The Bertz CT molecular complexity index is 1220. The Morgan fingerprint density at radius 2 is 1.59 bits per heavy atom. The van der Waals surface area contributed by atoms with Gasteiger partial charge in [0.15, 0.2) is 5.82 Å². The Labute approximate surface area is 208 Å². The number of nitrogens with zero attached hydrogens (tertiary/aromatic N) is 4. The third-order valence-corrected chi connectivity index (χ3v) is 7.96. The number of hydrogen-bond donors (Lipinski definition) is 1. The van der Waals surface area contributed by atoms with Gasteiger partial charge in [0.05, 0.1) is 12.1 Å². The largest absolute Gasteiger partial charge is 0.403 e. The van der Waals surface area contributed by atoms with Crippen molar-refractivity contribution in [2.45, 2.75) is 21.5 Å². The van der Waals surface area contributed by atoms with Crippen molar-refractivity contribution in [2.75, 3.05) is 11.9 Å². The molecule has 1 aliphatic rings. The fourth-order valence-corrected chi connectivity index (χ4v) is 4.78. The lowest BCUT2D eigenvalue weighted by Crippen LogP contribution is -2.86. The molecular weight excluding hydrogens is 417 g/mol. The quantitative estimate of drug-likeness (QED) is 0.404. The zero-order chi connectivity index (χ0) is 24.9. The van der Waals surface area contributed by atoms with Crippen LogP contribution in [0, 0.1) is 0 Å². The molecule has 1 aliphatic heterocycles. The normalized spacial score (nSPS) is 20.5. The minimum Gasteiger partial charge on any atom is -0.403 e. The summed E-state index contributed by atoms with van der Waals surface area (Å²) in [5, 5.41) is 10.8. The summed E-state index contributed by atoms with van der Waals surface area (Å²) in [6, 6.07) is 11.8. The molecule has 3 aromatic rings. The van der Waals surface area contributed by atoms with Crippen LogP contribution in [0.5, 0.6) is 0 Å². The lowest BCUT2D eigenvalue weighted by atomic mass is 9.30. The highest BCUT2D eigenvalue weighted by Crippen LogP contribution is 2.39. The monoisotopic (exact) mass is 445 g/mol. The van der Waals surface area contributed by atoms with E-state index in [4.69, 9.17) is 4.74 Å². The van der Waals surface area contributed by atoms with Gasteiger partial charge in [-0.3, -0.25) is 9.78 Å². The molecule has 7 nitrogen and oxygen atoms in total. The summed E-state index contributed by atoms with van der Waals surface area (Å²) in [6.07, 6.45) is 3.58. The minimum absolute atomic E-state index is 0.133. The number of aromatic nitrogens is 3. The molecule has 1 saturated heterocycles. The average Bonchev–Trinajstić information content (AvgIpc) is 2.75. The maximum atomic E-state index is 13.2. The van der Waals surface area contributed by atoms with E-state index in [1.165, 1.54) is 0 Å². The third kappa shape index (κ3) is 4.24. The summed E-state index contributed by atoms with van der Waals surface area (Å²) < 4.78 is 6.52. The first-order valence-electron chi connectivity index (χ1n) is 11.7. The smallest absolute Gasteiger partial charge is 0.239 e. The molecule has 34 heavy (non-hydrogen) atoms. The first-order chi connectivity index (χ1) is 15.7. The molecule has 0 spiro atoms. The summed E-state index contributed by atoms with van der Waals surface area (Å²) in [4.78, 5) is 19.7. The predicted octanol–water partition coefficient (Wildman–Crippen LogP) is -6.36. The fraction of sp³-hybridized carbons (Fsp3) is 0.263. The van der Waals surface area contributed by atoms with Crippen LogP contribution in [0.1, 0.15) is 0 Å². The second kappa shape index (κ2) is 8.38. The van der Waals surface area contributed by atoms with Crippen LogP contribution in [0.15, 0.2) is 48.8 Å². The second-order valence-electron chi connectivity index (χ2n) is 11.1. The number of fused-ring (bicyclic) bond motifs is 1. The number of anilines is 1. The van der Waals surface area contributed by atoms with Gasteiger partial charge in [-0.15, -0.1) is 10.2 Å². The van der Waals surface area contributed by atoms with Crippen molar-refractivity contribution in [3.8, 4) is 11.1 Å². The summed E-state index contributed by atoms with van der Waals surface area (Å²) in [5.74, 6) is 0.301. The average molecular weight is 444 g/mol. The maximum Gasteiger partial charge on any atom is 0.239 e. The van der Waals surface area contributed by atoms with Gasteiger partial charge >= 0.3 is 0 Å². The van der Waals surface area contributed by atoms with Gasteiger partial charge in [0.25, 0.3) is 0 Å². The zero-order valence-corrected chi connectivity index (χ0v) is 21.4. The first kappa shape index (κ1) is 24.7. The van der Waals surface area contributed by atoms with E-state index in [9.17, 15) is 4.79 Å². The summed E-state index contributed by atoms with van der Waals surface area (Å²) in [7, 11) is 16.9. The second-order valence-corrected chi connectivity index (χ2v) is 11.1. The number of hydrogen-bond acceptors (Lipinski definition) is 6. The van der Waals surface area contributed by atoms with Crippen molar-refractivity contribution in [1.29, 1.82) is 0 Å². The fourth-order valence-electron chi connectivity index (χ4n) is 4.78. The van der Waals surface area contributed by atoms with Crippen molar-refractivity contribution in [1.82, 2.24) is 20.1 Å². The molecule has 0 bridgehead atoms. The van der Waals surface area contributed by atoms with Crippen molar-refractivity contribution in [3.63, 3.8) is 0 Å². The van der Waals surface area contributed by atoms with E-state index in [0.29, 0.717) is 5.82 Å². The first-order valence-corrected chi connectivity index (χ1v) is 11.7. The number of pyridine rings is 1. The molecule has 0 saturated carbocycles. The molecule has 1 aromatic carbocycles. The topological polar surface area (TPSA) is 80.2 Å². The Hall–Kier alpha value is -2.38. The molecule has 0 atom stereocenters.